The number of nitrogens with one attached hydrogen (secondary N) is 1. The molecule has 108 valence electrons. The van der Waals surface area contributed by atoms with Gasteiger partial charge in [0.1, 0.15) is 5.75 Å². The molecule has 0 spiro atoms. The number of aromatic amines is 1. The van der Waals surface area contributed by atoms with Gasteiger partial charge in [-0.05, 0) is 30.2 Å². The number of nitrogens with zero attached hydrogens (tertiary/aromatic N) is 1. The van der Waals surface area contributed by atoms with Gasteiger partial charge in [-0.2, -0.15) is 0 Å². The lowest BCUT2D eigenvalue weighted by Crippen LogP contribution is -2.22. The van der Waals surface area contributed by atoms with Gasteiger partial charge in [0.25, 0.3) is 0 Å². The largest absolute Gasteiger partial charge is 0.496 e. The summed E-state index contributed by atoms with van der Waals surface area (Å²) >= 11 is 0. The molecule has 1 aromatic heterocycles. The lowest BCUT2D eigenvalue weighted by Gasteiger charge is -2.22. The third-order valence-corrected chi connectivity index (χ3v) is 3.93. The van der Waals surface area contributed by atoms with Crippen molar-refractivity contribution in [2.45, 2.75) is 20.3 Å². The molecule has 1 aliphatic rings. The second-order valence-electron chi connectivity index (χ2n) is 5.13. The number of methoxy groups -OCH3 is 1. The number of ether oxygens (including phenoxy) is 1. The predicted octanol–water partition coefficient (Wildman–Crippen LogP) is 3.54. The first-order valence-electron chi connectivity index (χ1n) is 6.96. The molecular weight excluding hydrogens is 264 g/mol. The number of carbonyl (C=O) groups is 1. The van der Waals surface area contributed by atoms with Gasteiger partial charge in [0.05, 0.1) is 18.5 Å². The van der Waals surface area contributed by atoms with Crippen molar-refractivity contribution in [2.75, 3.05) is 7.11 Å². The number of rotatable bonds is 2. The van der Waals surface area contributed by atoms with Crippen LogP contribution in [0.15, 0.2) is 24.9 Å². The lowest BCUT2D eigenvalue weighted by atomic mass is 10.0. The number of fused-ring (bicyclic) bond motifs is 3. The Kier molecular flexibility index (Phi) is 3.09. The summed E-state index contributed by atoms with van der Waals surface area (Å²) in [5.74, 6) is 0.840. The molecule has 21 heavy (non-hydrogen) atoms. The summed E-state index contributed by atoms with van der Waals surface area (Å²) in [5.41, 5.74) is 4.80. The van der Waals surface area contributed by atoms with Crippen LogP contribution in [0.5, 0.6) is 5.75 Å². The van der Waals surface area contributed by atoms with Gasteiger partial charge in [-0.25, -0.2) is 0 Å². The summed E-state index contributed by atoms with van der Waals surface area (Å²) in [7, 11) is 1.69. The molecule has 2 heterocycles. The van der Waals surface area contributed by atoms with Crippen LogP contribution >= 0.6 is 0 Å². The third kappa shape index (κ3) is 1.95. The van der Waals surface area contributed by atoms with Crippen LogP contribution < -0.4 is 4.74 Å². The molecule has 1 N–H and O–H groups in total. The highest BCUT2D eigenvalue weighted by atomic mass is 16.5. The standard InChI is InChI=1S/C17H18N2O2/c1-5-12-8-15-14(9-16(12)21-4)13-6-7-19(11(3)20)10(2)17(13)18-15/h6-9,18H,2,5H2,1,3-4H3. The van der Waals surface area contributed by atoms with Gasteiger partial charge >= 0.3 is 0 Å². The molecule has 0 saturated heterocycles. The lowest BCUT2D eigenvalue weighted by molar-refractivity contribution is -0.123. The van der Waals surface area contributed by atoms with E-state index in [1.54, 1.807) is 18.2 Å². The zero-order valence-corrected chi connectivity index (χ0v) is 12.5. The fraction of sp³-hybridized carbons (Fsp3) is 0.235. The maximum Gasteiger partial charge on any atom is 0.227 e. The van der Waals surface area contributed by atoms with E-state index in [2.05, 4.69) is 24.6 Å². The summed E-state index contributed by atoms with van der Waals surface area (Å²) in [6.45, 7) is 7.66. The van der Waals surface area contributed by atoms with Crippen LogP contribution in [0.25, 0.3) is 22.7 Å². The Bertz CT molecular complexity index is 784. The minimum absolute atomic E-state index is 0.0487. The Morgan fingerprint density at radius 2 is 2.19 bits per heavy atom. The number of carbonyl (C=O) groups excluding carboxylic acids is 1. The summed E-state index contributed by atoms with van der Waals surface area (Å²) in [5, 5.41) is 1.08. The van der Waals surface area contributed by atoms with E-state index in [0.717, 1.165) is 39.9 Å². The molecule has 3 rings (SSSR count). The first-order valence-corrected chi connectivity index (χ1v) is 6.96. The van der Waals surface area contributed by atoms with Crippen LogP contribution in [0.1, 0.15) is 30.7 Å². The van der Waals surface area contributed by atoms with E-state index in [9.17, 15) is 4.79 Å². The van der Waals surface area contributed by atoms with Crippen molar-refractivity contribution >= 4 is 28.6 Å². The van der Waals surface area contributed by atoms with E-state index in [-0.39, 0.29) is 5.91 Å². The quantitative estimate of drug-likeness (QED) is 0.915. The Hall–Kier alpha value is -2.49. The monoisotopic (exact) mass is 282 g/mol. The van der Waals surface area contributed by atoms with Gasteiger partial charge in [-0.3, -0.25) is 9.69 Å². The molecule has 2 aromatic rings. The zero-order chi connectivity index (χ0) is 15.1. The van der Waals surface area contributed by atoms with Crippen molar-refractivity contribution in [3.8, 4) is 5.75 Å². The second-order valence-corrected chi connectivity index (χ2v) is 5.13. The van der Waals surface area contributed by atoms with Crippen molar-refractivity contribution < 1.29 is 9.53 Å². The summed E-state index contributed by atoms with van der Waals surface area (Å²) < 4.78 is 5.47. The van der Waals surface area contributed by atoms with Crippen molar-refractivity contribution in [1.82, 2.24) is 9.88 Å². The zero-order valence-electron chi connectivity index (χ0n) is 12.5. The Labute approximate surface area is 123 Å². The van der Waals surface area contributed by atoms with E-state index < -0.39 is 0 Å². The Morgan fingerprint density at radius 1 is 1.43 bits per heavy atom. The molecule has 0 bridgehead atoms. The minimum atomic E-state index is -0.0487. The molecular formula is C17H18N2O2. The Morgan fingerprint density at radius 3 is 2.81 bits per heavy atom. The van der Waals surface area contributed by atoms with Gasteiger partial charge in [-0.1, -0.05) is 13.5 Å². The maximum absolute atomic E-state index is 11.6. The summed E-state index contributed by atoms with van der Waals surface area (Å²) in [6, 6.07) is 4.15. The number of amides is 1. The second kappa shape index (κ2) is 4.81. The summed E-state index contributed by atoms with van der Waals surface area (Å²) in [4.78, 5) is 16.5. The van der Waals surface area contributed by atoms with Crippen molar-refractivity contribution in [1.29, 1.82) is 0 Å². The number of aromatic nitrogens is 1. The highest BCUT2D eigenvalue weighted by molar-refractivity contribution is 6.00. The molecule has 1 aliphatic heterocycles. The van der Waals surface area contributed by atoms with Gasteiger partial charge in [0, 0.05) is 29.6 Å². The molecule has 1 aromatic carbocycles. The van der Waals surface area contributed by atoms with E-state index >= 15 is 0 Å². The van der Waals surface area contributed by atoms with Gasteiger partial charge < -0.3 is 9.72 Å². The molecule has 0 radical (unpaired) electrons. The first-order chi connectivity index (χ1) is 10.1. The molecule has 4 nitrogen and oxygen atoms in total. The number of H-pyrrole nitrogens is 1. The van der Waals surface area contributed by atoms with Crippen molar-refractivity contribution in [3.05, 3.63) is 41.7 Å². The number of hydrogen-bond donors (Lipinski definition) is 1. The van der Waals surface area contributed by atoms with Crippen LogP contribution in [0.2, 0.25) is 0 Å². The van der Waals surface area contributed by atoms with Gasteiger partial charge in [0.2, 0.25) is 5.91 Å². The fourth-order valence-corrected chi connectivity index (χ4v) is 2.81. The topological polar surface area (TPSA) is 45.3 Å². The fourth-order valence-electron chi connectivity index (χ4n) is 2.81. The first kappa shape index (κ1) is 13.5. The van der Waals surface area contributed by atoms with Crippen LogP contribution in [0.4, 0.5) is 0 Å². The van der Waals surface area contributed by atoms with Crippen LogP contribution in [0.3, 0.4) is 0 Å². The van der Waals surface area contributed by atoms with Crippen LogP contribution in [-0.2, 0) is 11.2 Å². The van der Waals surface area contributed by atoms with E-state index in [0.29, 0.717) is 5.70 Å². The smallest absolute Gasteiger partial charge is 0.227 e. The summed E-state index contributed by atoms with van der Waals surface area (Å²) in [6.07, 6.45) is 4.61. The van der Waals surface area contributed by atoms with Gasteiger partial charge in [0.15, 0.2) is 0 Å². The van der Waals surface area contributed by atoms with E-state index in [1.807, 2.05) is 12.1 Å². The molecule has 0 saturated carbocycles. The van der Waals surface area contributed by atoms with E-state index in [4.69, 9.17) is 4.74 Å². The molecule has 1 amide bonds. The number of benzene rings is 1. The average molecular weight is 282 g/mol. The normalized spacial score (nSPS) is 13.7. The molecule has 0 atom stereocenters. The highest BCUT2D eigenvalue weighted by Crippen LogP contribution is 2.36. The third-order valence-electron chi connectivity index (χ3n) is 3.93. The van der Waals surface area contributed by atoms with Crippen LogP contribution in [-0.4, -0.2) is 22.9 Å². The highest BCUT2D eigenvalue weighted by Gasteiger charge is 2.22. The Balaban J connectivity index is 2.23. The van der Waals surface area contributed by atoms with Crippen LogP contribution in [0, 0.1) is 0 Å². The molecule has 0 fully saturated rings. The van der Waals surface area contributed by atoms with E-state index in [1.165, 1.54) is 6.92 Å². The number of aryl methyl sites for hydroxylation is 1. The molecule has 0 unspecified atom stereocenters. The van der Waals surface area contributed by atoms with Crippen molar-refractivity contribution in [3.63, 3.8) is 0 Å². The SMILES string of the molecule is C=C1c2[nH]c3cc(CC)c(OC)cc3c2C=CN1C(C)=O. The molecule has 0 aliphatic carbocycles. The van der Waals surface area contributed by atoms with Gasteiger partial charge in [-0.15, -0.1) is 0 Å². The number of hydrogen-bond acceptors (Lipinski definition) is 2. The van der Waals surface area contributed by atoms with Crippen molar-refractivity contribution in [2.24, 2.45) is 0 Å². The predicted molar refractivity (Wildman–Crippen MR) is 84.8 cm³/mol. The maximum atomic E-state index is 11.6. The average Bonchev–Trinajstić information content (AvgIpc) is 2.84. The molecule has 4 heteroatoms. The minimum Gasteiger partial charge on any atom is -0.496 e.